The zero-order valence-electron chi connectivity index (χ0n) is 10.5. The maximum absolute atomic E-state index is 5.31. The van der Waals surface area contributed by atoms with Crippen LogP contribution in [0.2, 0.25) is 0 Å². The summed E-state index contributed by atoms with van der Waals surface area (Å²) in [5.41, 5.74) is 1.43. The maximum Gasteiger partial charge on any atom is 0.0594 e. The van der Waals surface area contributed by atoms with Crippen LogP contribution in [-0.2, 0) is 11.2 Å². The Balaban J connectivity index is 0.000000606. The molecule has 0 N–H and O–H groups in total. The summed E-state index contributed by atoms with van der Waals surface area (Å²) in [6.07, 6.45) is 1.15. The average Bonchev–Trinajstić information content (AvgIpc) is 2.41. The van der Waals surface area contributed by atoms with Gasteiger partial charge in [-0.3, -0.25) is 4.90 Å². The van der Waals surface area contributed by atoms with Crippen molar-refractivity contribution in [2.75, 3.05) is 32.8 Å². The molecule has 1 saturated heterocycles. The van der Waals surface area contributed by atoms with E-state index < -0.39 is 0 Å². The summed E-state index contributed by atoms with van der Waals surface area (Å²) in [5, 5.41) is 0. The molecule has 1 fully saturated rings. The minimum Gasteiger partial charge on any atom is -0.379 e. The summed E-state index contributed by atoms with van der Waals surface area (Å²) < 4.78 is 5.31. The molecule has 1 heterocycles. The third kappa shape index (κ3) is 4.77. The molecule has 0 unspecified atom stereocenters. The molecule has 16 heavy (non-hydrogen) atoms. The van der Waals surface area contributed by atoms with Gasteiger partial charge in [-0.05, 0) is 12.0 Å². The van der Waals surface area contributed by atoms with Crippen LogP contribution in [0.15, 0.2) is 30.3 Å². The van der Waals surface area contributed by atoms with Crippen molar-refractivity contribution in [1.29, 1.82) is 0 Å². The van der Waals surface area contributed by atoms with Gasteiger partial charge in [0.1, 0.15) is 0 Å². The molecule has 0 bridgehead atoms. The first kappa shape index (κ1) is 13.2. The highest BCUT2D eigenvalue weighted by molar-refractivity contribution is 5.14. The number of hydrogen-bond donors (Lipinski definition) is 0. The van der Waals surface area contributed by atoms with Crippen molar-refractivity contribution in [3.63, 3.8) is 0 Å². The first-order valence-electron chi connectivity index (χ1n) is 6.29. The Labute approximate surface area is 99.2 Å². The Hall–Kier alpha value is -0.860. The van der Waals surface area contributed by atoms with Crippen molar-refractivity contribution >= 4 is 0 Å². The minimum absolute atomic E-state index is 0.898. The van der Waals surface area contributed by atoms with Crippen LogP contribution in [-0.4, -0.2) is 37.7 Å². The van der Waals surface area contributed by atoms with Gasteiger partial charge < -0.3 is 4.74 Å². The van der Waals surface area contributed by atoms with Crippen LogP contribution in [0.3, 0.4) is 0 Å². The highest BCUT2D eigenvalue weighted by Crippen LogP contribution is 2.03. The largest absolute Gasteiger partial charge is 0.379 e. The van der Waals surface area contributed by atoms with Crippen LogP contribution in [0.25, 0.3) is 0 Å². The molecule has 0 aromatic heterocycles. The number of hydrogen-bond acceptors (Lipinski definition) is 2. The van der Waals surface area contributed by atoms with Crippen LogP contribution in [0.5, 0.6) is 0 Å². The minimum atomic E-state index is 0.898. The van der Waals surface area contributed by atoms with E-state index in [0.717, 1.165) is 39.3 Å². The summed E-state index contributed by atoms with van der Waals surface area (Å²) in [7, 11) is 0. The number of morpholine rings is 1. The normalized spacial score (nSPS) is 16.4. The van der Waals surface area contributed by atoms with Gasteiger partial charge in [0.05, 0.1) is 13.2 Å². The molecule has 1 aliphatic rings. The molecule has 0 radical (unpaired) electrons. The van der Waals surface area contributed by atoms with E-state index in [4.69, 9.17) is 4.74 Å². The molecule has 0 amide bonds. The van der Waals surface area contributed by atoms with Gasteiger partial charge in [0.2, 0.25) is 0 Å². The molecule has 1 aliphatic heterocycles. The second-order valence-corrected chi connectivity index (χ2v) is 3.69. The third-order valence-corrected chi connectivity index (χ3v) is 2.66. The highest BCUT2D eigenvalue weighted by atomic mass is 16.5. The van der Waals surface area contributed by atoms with Crippen molar-refractivity contribution in [2.45, 2.75) is 20.3 Å². The first-order valence-corrected chi connectivity index (χ1v) is 6.29. The molecular weight excluding hydrogens is 198 g/mol. The molecular formula is C14H23NO. The fourth-order valence-corrected chi connectivity index (χ4v) is 1.76. The molecule has 2 nitrogen and oxygen atoms in total. The van der Waals surface area contributed by atoms with Crippen LogP contribution >= 0.6 is 0 Å². The monoisotopic (exact) mass is 221 g/mol. The van der Waals surface area contributed by atoms with Gasteiger partial charge in [0.25, 0.3) is 0 Å². The number of ether oxygens (including phenoxy) is 1. The Morgan fingerprint density at radius 2 is 1.69 bits per heavy atom. The molecule has 1 aromatic carbocycles. The average molecular weight is 221 g/mol. The number of rotatable bonds is 3. The van der Waals surface area contributed by atoms with Crippen LogP contribution in [0.1, 0.15) is 19.4 Å². The lowest BCUT2D eigenvalue weighted by Gasteiger charge is -2.26. The first-order chi connectivity index (χ1) is 7.95. The molecule has 2 rings (SSSR count). The highest BCUT2D eigenvalue weighted by Gasteiger charge is 2.09. The molecule has 0 atom stereocenters. The molecule has 90 valence electrons. The van der Waals surface area contributed by atoms with Gasteiger partial charge in [0.15, 0.2) is 0 Å². The molecule has 0 spiro atoms. The number of benzene rings is 1. The quantitative estimate of drug-likeness (QED) is 0.778. The molecule has 0 aliphatic carbocycles. The fraction of sp³-hybridized carbons (Fsp3) is 0.571. The zero-order valence-corrected chi connectivity index (χ0v) is 10.5. The van der Waals surface area contributed by atoms with Crippen molar-refractivity contribution in [1.82, 2.24) is 4.90 Å². The Morgan fingerprint density at radius 1 is 1.06 bits per heavy atom. The lowest BCUT2D eigenvalue weighted by molar-refractivity contribution is 0.0384. The van der Waals surface area contributed by atoms with Crippen LogP contribution < -0.4 is 0 Å². The second kappa shape index (κ2) is 8.31. The van der Waals surface area contributed by atoms with Crippen LogP contribution in [0.4, 0.5) is 0 Å². The Morgan fingerprint density at radius 3 is 2.31 bits per heavy atom. The SMILES string of the molecule is CC.c1ccc(CCN2CCOCC2)cc1. The molecule has 1 aromatic rings. The standard InChI is InChI=1S/C12H17NO.C2H6/c1-2-4-12(5-3-1)6-7-13-8-10-14-11-9-13;1-2/h1-5H,6-11H2;1-2H3. The van der Waals surface area contributed by atoms with E-state index >= 15 is 0 Å². The van der Waals surface area contributed by atoms with Gasteiger partial charge in [-0.25, -0.2) is 0 Å². The van der Waals surface area contributed by atoms with E-state index in [9.17, 15) is 0 Å². The summed E-state index contributed by atoms with van der Waals surface area (Å²) in [6.45, 7) is 9.14. The lowest BCUT2D eigenvalue weighted by Crippen LogP contribution is -2.37. The van der Waals surface area contributed by atoms with Gasteiger partial charge in [0, 0.05) is 19.6 Å². The predicted octanol–water partition coefficient (Wildman–Crippen LogP) is 2.59. The van der Waals surface area contributed by atoms with Crippen LogP contribution in [0, 0.1) is 0 Å². The summed E-state index contributed by atoms with van der Waals surface area (Å²) >= 11 is 0. The second-order valence-electron chi connectivity index (χ2n) is 3.69. The van der Waals surface area contributed by atoms with E-state index in [1.165, 1.54) is 5.56 Å². The summed E-state index contributed by atoms with van der Waals surface area (Å²) in [5.74, 6) is 0. The van der Waals surface area contributed by atoms with E-state index in [1.54, 1.807) is 0 Å². The van der Waals surface area contributed by atoms with E-state index in [-0.39, 0.29) is 0 Å². The topological polar surface area (TPSA) is 12.5 Å². The predicted molar refractivity (Wildman–Crippen MR) is 68.8 cm³/mol. The van der Waals surface area contributed by atoms with Crippen molar-refractivity contribution in [3.05, 3.63) is 35.9 Å². The van der Waals surface area contributed by atoms with E-state index in [1.807, 2.05) is 13.8 Å². The van der Waals surface area contributed by atoms with Gasteiger partial charge in [-0.2, -0.15) is 0 Å². The number of nitrogens with zero attached hydrogens (tertiary/aromatic N) is 1. The summed E-state index contributed by atoms with van der Waals surface area (Å²) in [4.78, 5) is 2.47. The van der Waals surface area contributed by atoms with Gasteiger partial charge >= 0.3 is 0 Å². The maximum atomic E-state index is 5.31. The molecule has 2 heteroatoms. The lowest BCUT2D eigenvalue weighted by atomic mass is 10.1. The fourth-order valence-electron chi connectivity index (χ4n) is 1.76. The van der Waals surface area contributed by atoms with Gasteiger partial charge in [-0.15, -0.1) is 0 Å². The Kier molecular flexibility index (Phi) is 6.86. The van der Waals surface area contributed by atoms with Crippen molar-refractivity contribution in [2.24, 2.45) is 0 Å². The zero-order chi connectivity index (χ0) is 11.6. The van der Waals surface area contributed by atoms with Crippen molar-refractivity contribution < 1.29 is 4.74 Å². The van der Waals surface area contributed by atoms with E-state index in [2.05, 4.69) is 35.2 Å². The smallest absolute Gasteiger partial charge is 0.0594 e. The summed E-state index contributed by atoms with van der Waals surface area (Å²) in [6, 6.07) is 10.7. The van der Waals surface area contributed by atoms with Crippen molar-refractivity contribution in [3.8, 4) is 0 Å². The third-order valence-electron chi connectivity index (χ3n) is 2.66. The Bertz CT molecular complexity index is 255. The molecule has 0 saturated carbocycles. The van der Waals surface area contributed by atoms with Gasteiger partial charge in [-0.1, -0.05) is 44.2 Å². The van der Waals surface area contributed by atoms with E-state index in [0.29, 0.717) is 0 Å².